The lowest BCUT2D eigenvalue weighted by Crippen LogP contribution is -2.06. The second-order valence-electron chi connectivity index (χ2n) is 4.86. The first-order valence-corrected chi connectivity index (χ1v) is 6.92. The Labute approximate surface area is 136 Å². The van der Waals surface area contributed by atoms with Gasteiger partial charge < -0.3 is 4.84 Å². The number of carbonyl (C=O) groups excluding carboxylic acids is 1. The fourth-order valence-electron chi connectivity index (χ4n) is 1.96. The Morgan fingerprint density at radius 3 is 2.62 bits per heavy atom. The molecule has 7 heteroatoms. The summed E-state index contributed by atoms with van der Waals surface area (Å²) in [6.07, 6.45) is -2.97. The normalized spacial score (nSPS) is 11.8. The van der Waals surface area contributed by atoms with Crippen molar-refractivity contribution in [3.63, 3.8) is 0 Å². The molecule has 0 N–H and O–H groups in total. The number of halogens is 3. The zero-order valence-corrected chi connectivity index (χ0v) is 12.7. The summed E-state index contributed by atoms with van der Waals surface area (Å²) in [5.41, 5.74) is 0.877. The molecule has 24 heavy (non-hydrogen) atoms. The van der Waals surface area contributed by atoms with E-state index in [0.717, 1.165) is 12.1 Å². The van der Waals surface area contributed by atoms with E-state index < -0.39 is 11.7 Å². The maximum atomic E-state index is 12.7. The number of aliphatic imine (C=N–C) groups is 1. The molecule has 2 aromatic rings. The second kappa shape index (κ2) is 7.57. The third kappa shape index (κ3) is 4.54. The fraction of sp³-hybridized carbons (Fsp3) is 0.176. The summed E-state index contributed by atoms with van der Waals surface area (Å²) in [6.45, 7) is 1.57. The van der Waals surface area contributed by atoms with Gasteiger partial charge in [-0.3, -0.25) is 0 Å². The van der Waals surface area contributed by atoms with E-state index in [0.29, 0.717) is 22.5 Å². The number of oxime groups is 1. The molecule has 0 spiro atoms. The van der Waals surface area contributed by atoms with Crippen LogP contribution in [0.5, 0.6) is 0 Å². The Morgan fingerprint density at radius 2 is 1.92 bits per heavy atom. The molecule has 0 atom stereocenters. The van der Waals surface area contributed by atoms with Gasteiger partial charge in [0.15, 0.2) is 0 Å². The highest BCUT2D eigenvalue weighted by Crippen LogP contribution is 2.29. The van der Waals surface area contributed by atoms with Crippen LogP contribution in [0.2, 0.25) is 0 Å². The van der Waals surface area contributed by atoms with Crippen LogP contribution in [0.25, 0.3) is 0 Å². The van der Waals surface area contributed by atoms with E-state index >= 15 is 0 Å². The largest absolute Gasteiger partial charge is 0.416 e. The minimum absolute atomic E-state index is 0.0255. The number of hydrogen-bond acceptors (Lipinski definition) is 4. The van der Waals surface area contributed by atoms with Crippen LogP contribution in [0.3, 0.4) is 0 Å². The first-order chi connectivity index (χ1) is 11.4. The average molecular weight is 334 g/mol. The van der Waals surface area contributed by atoms with Gasteiger partial charge in [0.1, 0.15) is 6.61 Å². The summed E-state index contributed by atoms with van der Waals surface area (Å²) in [5.74, 6) is 0. The minimum atomic E-state index is -4.41. The lowest BCUT2D eigenvalue weighted by Gasteiger charge is -2.08. The van der Waals surface area contributed by atoms with Crippen LogP contribution in [-0.2, 0) is 22.4 Å². The van der Waals surface area contributed by atoms with E-state index in [1.165, 1.54) is 18.2 Å². The second-order valence-corrected chi connectivity index (χ2v) is 4.86. The topological polar surface area (TPSA) is 51.0 Å². The van der Waals surface area contributed by atoms with E-state index in [1.807, 2.05) is 0 Å². The monoisotopic (exact) mass is 334 g/mol. The van der Waals surface area contributed by atoms with Crippen LogP contribution in [0, 0.1) is 0 Å². The Hall–Kier alpha value is -2.92. The van der Waals surface area contributed by atoms with Crippen molar-refractivity contribution in [1.82, 2.24) is 0 Å². The number of benzene rings is 2. The van der Waals surface area contributed by atoms with Crippen LogP contribution in [0.4, 0.5) is 18.9 Å². The molecule has 124 valence electrons. The molecule has 0 radical (unpaired) electrons. The molecule has 4 nitrogen and oxygen atoms in total. The summed E-state index contributed by atoms with van der Waals surface area (Å²) in [5, 5.41) is 3.82. The van der Waals surface area contributed by atoms with E-state index in [4.69, 9.17) is 4.84 Å². The first-order valence-electron chi connectivity index (χ1n) is 6.92. The van der Waals surface area contributed by atoms with Gasteiger partial charge >= 0.3 is 6.18 Å². The van der Waals surface area contributed by atoms with Crippen molar-refractivity contribution in [2.75, 3.05) is 0 Å². The smallest absolute Gasteiger partial charge is 0.391 e. The number of nitrogens with zero attached hydrogens (tertiary/aromatic N) is 2. The third-order valence-electron chi connectivity index (χ3n) is 3.19. The quantitative estimate of drug-likeness (QED) is 0.455. The van der Waals surface area contributed by atoms with Crippen LogP contribution < -0.4 is 0 Å². The molecular formula is C17H13F3N2O2. The fourth-order valence-corrected chi connectivity index (χ4v) is 1.96. The van der Waals surface area contributed by atoms with Gasteiger partial charge in [0, 0.05) is 5.56 Å². The highest BCUT2D eigenvalue weighted by molar-refractivity contribution is 5.98. The van der Waals surface area contributed by atoms with Crippen molar-refractivity contribution in [2.45, 2.75) is 19.7 Å². The van der Waals surface area contributed by atoms with E-state index in [2.05, 4.69) is 10.1 Å². The molecule has 0 unspecified atom stereocenters. The lowest BCUT2D eigenvalue weighted by molar-refractivity contribution is -0.137. The molecule has 0 aliphatic heterocycles. The molecule has 0 amide bonds. The van der Waals surface area contributed by atoms with Crippen molar-refractivity contribution in [2.24, 2.45) is 10.1 Å². The Balaban J connectivity index is 2.12. The minimum Gasteiger partial charge on any atom is -0.391 e. The third-order valence-corrected chi connectivity index (χ3v) is 3.19. The van der Waals surface area contributed by atoms with Gasteiger partial charge in [-0.1, -0.05) is 35.5 Å². The van der Waals surface area contributed by atoms with Crippen molar-refractivity contribution < 1.29 is 22.8 Å². The van der Waals surface area contributed by atoms with Gasteiger partial charge in [0.25, 0.3) is 0 Å². The van der Waals surface area contributed by atoms with Crippen LogP contribution in [0.15, 0.2) is 58.7 Å². The van der Waals surface area contributed by atoms with Gasteiger partial charge in [-0.2, -0.15) is 18.2 Å². The van der Waals surface area contributed by atoms with Gasteiger partial charge in [-0.25, -0.2) is 4.79 Å². The van der Waals surface area contributed by atoms with E-state index in [1.54, 1.807) is 31.2 Å². The maximum Gasteiger partial charge on any atom is 0.416 e. The van der Waals surface area contributed by atoms with Gasteiger partial charge in [-0.05, 0) is 30.7 Å². The molecule has 0 heterocycles. The van der Waals surface area contributed by atoms with Crippen molar-refractivity contribution in [3.05, 3.63) is 65.2 Å². The predicted octanol–water partition coefficient (Wildman–Crippen LogP) is 4.61. The lowest BCUT2D eigenvalue weighted by atomic mass is 10.1. The SMILES string of the molecule is C/C(=N\OCc1ccccc1N=C=O)c1cccc(C(F)(F)F)c1. The summed E-state index contributed by atoms with van der Waals surface area (Å²) in [4.78, 5) is 19.1. The number of hydrogen-bond donors (Lipinski definition) is 0. The first kappa shape index (κ1) is 17.4. The number of isocyanates is 1. The summed E-state index contributed by atoms with van der Waals surface area (Å²) >= 11 is 0. The number of rotatable bonds is 5. The molecule has 0 fully saturated rings. The number of alkyl halides is 3. The Morgan fingerprint density at radius 1 is 1.17 bits per heavy atom. The van der Waals surface area contributed by atoms with Gasteiger partial charge in [-0.15, -0.1) is 0 Å². The van der Waals surface area contributed by atoms with Crippen LogP contribution >= 0.6 is 0 Å². The maximum absolute atomic E-state index is 12.7. The molecule has 0 aliphatic rings. The molecule has 0 saturated carbocycles. The summed E-state index contributed by atoms with van der Waals surface area (Å²) < 4.78 is 38.1. The molecule has 2 rings (SSSR count). The highest BCUT2D eigenvalue weighted by atomic mass is 19.4. The van der Waals surface area contributed by atoms with Crippen molar-refractivity contribution in [1.29, 1.82) is 0 Å². The molecule has 0 bridgehead atoms. The van der Waals surface area contributed by atoms with E-state index in [-0.39, 0.29) is 6.61 Å². The summed E-state index contributed by atoms with van der Waals surface area (Å²) in [6, 6.07) is 11.6. The van der Waals surface area contributed by atoms with Crippen LogP contribution in [0.1, 0.15) is 23.6 Å². The predicted molar refractivity (Wildman–Crippen MR) is 82.7 cm³/mol. The molecule has 2 aromatic carbocycles. The zero-order chi connectivity index (χ0) is 17.6. The Bertz CT molecular complexity index is 794. The molecular weight excluding hydrogens is 321 g/mol. The molecule has 0 aromatic heterocycles. The zero-order valence-electron chi connectivity index (χ0n) is 12.7. The molecule has 0 aliphatic carbocycles. The molecule has 0 saturated heterocycles. The van der Waals surface area contributed by atoms with Crippen LogP contribution in [-0.4, -0.2) is 11.8 Å². The number of para-hydroxylation sites is 1. The van der Waals surface area contributed by atoms with Crippen molar-refractivity contribution >= 4 is 17.5 Å². The standard InChI is InChI=1S/C17H13F3N2O2/c1-12(13-6-4-7-15(9-13)17(18,19)20)22-24-10-14-5-2-3-8-16(14)21-11-23/h2-9H,10H2,1H3/b22-12+. The Kier molecular flexibility index (Phi) is 5.50. The summed E-state index contributed by atoms with van der Waals surface area (Å²) in [7, 11) is 0. The highest BCUT2D eigenvalue weighted by Gasteiger charge is 2.30. The van der Waals surface area contributed by atoms with Gasteiger partial charge in [0.05, 0.1) is 17.0 Å². The van der Waals surface area contributed by atoms with E-state index in [9.17, 15) is 18.0 Å². The van der Waals surface area contributed by atoms with Crippen molar-refractivity contribution in [3.8, 4) is 0 Å². The van der Waals surface area contributed by atoms with Gasteiger partial charge in [0.2, 0.25) is 6.08 Å². The average Bonchev–Trinajstić information content (AvgIpc) is 2.56.